The third-order valence-corrected chi connectivity index (χ3v) is 5.90. The zero-order chi connectivity index (χ0) is 18.3. The van der Waals surface area contributed by atoms with Crippen molar-refractivity contribution in [1.82, 2.24) is 0 Å². The second-order valence-corrected chi connectivity index (χ2v) is 8.34. The smallest absolute Gasteiger partial charge is 0.507 e. The molecule has 0 heterocycles. The van der Waals surface area contributed by atoms with Crippen molar-refractivity contribution in [1.29, 1.82) is 0 Å². The van der Waals surface area contributed by atoms with Crippen LogP contribution in [0.4, 0.5) is 0 Å². The van der Waals surface area contributed by atoms with Crippen molar-refractivity contribution < 1.29 is 24.0 Å². The summed E-state index contributed by atoms with van der Waals surface area (Å²) >= 11 is 0. The molecule has 0 aromatic heterocycles. The Bertz CT molecular complexity index is 900. The number of phenolic OH excluding ortho intramolecular Hbond substituents is 1. The first kappa shape index (κ1) is 17.6. The summed E-state index contributed by atoms with van der Waals surface area (Å²) in [5, 5.41) is 10.9. The van der Waals surface area contributed by atoms with Gasteiger partial charge >= 0.3 is 7.82 Å². The lowest BCUT2D eigenvalue weighted by molar-refractivity contribution is 0.282. The van der Waals surface area contributed by atoms with Crippen molar-refractivity contribution in [3.63, 3.8) is 0 Å². The second kappa shape index (κ2) is 6.73. The van der Waals surface area contributed by atoms with Crippen molar-refractivity contribution in [2.24, 2.45) is 0 Å². The molecule has 2 aliphatic rings. The molecule has 2 aromatic carbocycles. The molecule has 4 rings (SSSR count). The minimum atomic E-state index is -4.70. The Labute approximate surface area is 152 Å². The Kier molecular flexibility index (Phi) is 4.55. The van der Waals surface area contributed by atoms with Gasteiger partial charge in [-0.15, -0.1) is 0 Å². The molecule has 0 saturated heterocycles. The summed E-state index contributed by atoms with van der Waals surface area (Å²) < 4.78 is 16.7. The van der Waals surface area contributed by atoms with Crippen LogP contribution in [0.1, 0.15) is 47.9 Å². The van der Waals surface area contributed by atoms with E-state index in [1.54, 1.807) is 0 Å². The van der Waals surface area contributed by atoms with E-state index in [9.17, 15) is 19.5 Å². The normalized spacial score (nSPS) is 16.7. The number of phosphoric ester groups is 1. The zero-order valence-corrected chi connectivity index (χ0v) is 15.5. The van der Waals surface area contributed by atoms with Gasteiger partial charge in [0.25, 0.3) is 0 Å². The largest absolute Gasteiger partial charge is 0.524 e. The number of phosphoric acid groups is 1. The van der Waals surface area contributed by atoms with Crippen LogP contribution in [0.3, 0.4) is 0 Å². The molecular weight excluding hydrogens is 351 g/mol. The average Bonchev–Trinajstić information content (AvgIpc) is 2.62. The number of hydrogen-bond donors (Lipinski definition) is 3. The lowest BCUT2D eigenvalue weighted by Crippen LogP contribution is -2.07. The zero-order valence-electron chi connectivity index (χ0n) is 14.6. The van der Waals surface area contributed by atoms with Crippen LogP contribution < -0.4 is 4.52 Å². The van der Waals surface area contributed by atoms with Gasteiger partial charge in [-0.1, -0.05) is 24.3 Å². The number of aryl methyl sites for hydroxylation is 2. The molecule has 5 nitrogen and oxygen atoms in total. The third-order valence-electron chi connectivity index (χ3n) is 5.48. The van der Waals surface area contributed by atoms with E-state index in [4.69, 9.17) is 4.52 Å². The summed E-state index contributed by atoms with van der Waals surface area (Å²) in [7, 11) is -4.70. The molecule has 26 heavy (non-hydrogen) atoms. The minimum absolute atomic E-state index is 0.216. The Balaban J connectivity index is 1.90. The first-order valence-corrected chi connectivity index (χ1v) is 10.7. The second-order valence-electron chi connectivity index (χ2n) is 7.18. The Hall–Kier alpha value is -1.81. The molecule has 2 aliphatic carbocycles. The monoisotopic (exact) mass is 374 g/mol. The highest BCUT2D eigenvalue weighted by molar-refractivity contribution is 7.46. The first-order chi connectivity index (χ1) is 12.4. The molecular formula is C20H23O5P. The highest BCUT2D eigenvalue weighted by Gasteiger charge is 2.27. The van der Waals surface area contributed by atoms with Gasteiger partial charge in [0, 0.05) is 11.1 Å². The lowest BCUT2D eigenvalue weighted by atomic mass is 9.85. The molecule has 0 unspecified atom stereocenters. The van der Waals surface area contributed by atoms with Crippen molar-refractivity contribution in [2.45, 2.75) is 51.4 Å². The van der Waals surface area contributed by atoms with Crippen LogP contribution in [0.5, 0.6) is 11.5 Å². The molecule has 138 valence electrons. The standard InChI is InChI=1S/C20H23O5P/c21-19-15-7-3-1-5-13(15)9-11-17(19)18-12-10-14-6-2-4-8-16(14)20(18)25-26(22,23)24/h9-12,21H,1-8H2,(H2,22,23,24). The van der Waals surface area contributed by atoms with Crippen molar-refractivity contribution in [2.75, 3.05) is 0 Å². The van der Waals surface area contributed by atoms with Gasteiger partial charge in [-0.25, -0.2) is 4.57 Å². The van der Waals surface area contributed by atoms with Gasteiger partial charge in [-0.2, -0.15) is 0 Å². The minimum Gasteiger partial charge on any atom is -0.507 e. The van der Waals surface area contributed by atoms with Crippen LogP contribution >= 0.6 is 7.82 Å². The number of aromatic hydroxyl groups is 1. The van der Waals surface area contributed by atoms with E-state index < -0.39 is 7.82 Å². The lowest BCUT2D eigenvalue weighted by Gasteiger charge is -2.24. The van der Waals surface area contributed by atoms with E-state index in [1.807, 2.05) is 24.3 Å². The maximum absolute atomic E-state index is 11.6. The van der Waals surface area contributed by atoms with E-state index in [2.05, 4.69) is 0 Å². The topological polar surface area (TPSA) is 87.0 Å². The Morgan fingerprint density at radius 3 is 1.96 bits per heavy atom. The number of fused-ring (bicyclic) bond motifs is 2. The highest BCUT2D eigenvalue weighted by Crippen LogP contribution is 2.49. The average molecular weight is 374 g/mol. The van der Waals surface area contributed by atoms with Crippen LogP contribution in [0.15, 0.2) is 24.3 Å². The van der Waals surface area contributed by atoms with Gasteiger partial charge in [-0.3, -0.25) is 9.79 Å². The summed E-state index contributed by atoms with van der Waals surface area (Å²) in [6, 6.07) is 7.68. The fourth-order valence-corrected chi connectivity index (χ4v) is 4.70. The maximum atomic E-state index is 11.6. The number of phenols is 1. The fourth-order valence-electron chi connectivity index (χ4n) is 4.26. The highest BCUT2D eigenvalue weighted by atomic mass is 31.2. The number of benzene rings is 2. The van der Waals surface area contributed by atoms with Crippen LogP contribution in [0, 0.1) is 0 Å². The van der Waals surface area contributed by atoms with E-state index in [1.165, 1.54) is 0 Å². The summed E-state index contributed by atoms with van der Waals surface area (Å²) in [5.41, 5.74) is 5.18. The van der Waals surface area contributed by atoms with Gasteiger partial charge in [0.1, 0.15) is 11.5 Å². The Morgan fingerprint density at radius 2 is 1.31 bits per heavy atom. The maximum Gasteiger partial charge on any atom is 0.524 e. The van der Waals surface area contributed by atoms with Crippen LogP contribution in [0.2, 0.25) is 0 Å². The van der Waals surface area contributed by atoms with Crippen molar-refractivity contribution in [3.8, 4) is 22.6 Å². The summed E-state index contributed by atoms with van der Waals surface area (Å²) in [6.45, 7) is 0. The van der Waals surface area contributed by atoms with Gasteiger partial charge < -0.3 is 9.63 Å². The molecule has 0 saturated carbocycles. The molecule has 0 spiro atoms. The van der Waals surface area contributed by atoms with E-state index in [0.717, 1.165) is 73.6 Å². The predicted octanol–water partition coefficient (Wildman–Crippen LogP) is 4.29. The summed E-state index contributed by atoms with van der Waals surface area (Å²) in [4.78, 5) is 18.9. The molecule has 0 radical (unpaired) electrons. The Morgan fingerprint density at radius 1 is 0.769 bits per heavy atom. The quantitative estimate of drug-likeness (QED) is 0.698. The van der Waals surface area contributed by atoms with Crippen LogP contribution in [-0.4, -0.2) is 14.9 Å². The summed E-state index contributed by atoms with van der Waals surface area (Å²) in [5.74, 6) is 0.440. The SMILES string of the molecule is O=P(O)(O)Oc1c(-c2ccc3c(c2O)CCCC3)ccc2c1CCCC2. The molecule has 0 aliphatic heterocycles. The van der Waals surface area contributed by atoms with E-state index >= 15 is 0 Å². The van der Waals surface area contributed by atoms with Gasteiger partial charge in [0.05, 0.1) is 0 Å². The number of hydrogen-bond acceptors (Lipinski definition) is 3. The molecule has 0 fully saturated rings. The molecule has 0 bridgehead atoms. The van der Waals surface area contributed by atoms with Crippen LogP contribution in [0.25, 0.3) is 11.1 Å². The molecule has 0 amide bonds. The van der Waals surface area contributed by atoms with Gasteiger partial charge in [0.15, 0.2) is 0 Å². The third kappa shape index (κ3) is 3.27. The van der Waals surface area contributed by atoms with Crippen molar-refractivity contribution in [3.05, 3.63) is 46.5 Å². The first-order valence-electron chi connectivity index (χ1n) is 9.18. The van der Waals surface area contributed by atoms with Crippen LogP contribution in [-0.2, 0) is 30.2 Å². The predicted molar refractivity (Wildman–Crippen MR) is 99.5 cm³/mol. The molecule has 6 heteroatoms. The van der Waals surface area contributed by atoms with Crippen molar-refractivity contribution >= 4 is 7.82 Å². The van der Waals surface area contributed by atoms with E-state index in [0.29, 0.717) is 11.1 Å². The fraction of sp³-hybridized carbons (Fsp3) is 0.400. The molecule has 0 atom stereocenters. The number of rotatable bonds is 3. The van der Waals surface area contributed by atoms with Gasteiger partial charge in [-0.05, 0) is 73.6 Å². The molecule has 2 aromatic rings. The van der Waals surface area contributed by atoms with Gasteiger partial charge in [0.2, 0.25) is 0 Å². The molecule has 3 N–H and O–H groups in total. The van der Waals surface area contributed by atoms with E-state index in [-0.39, 0.29) is 11.5 Å². The summed E-state index contributed by atoms with van der Waals surface area (Å²) in [6.07, 6.45) is 7.58.